The van der Waals surface area contributed by atoms with Crippen LogP contribution in [0.5, 0.6) is 0 Å². The summed E-state index contributed by atoms with van der Waals surface area (Å²) >= 11 is 0. The molecule has 2 aromatic rings. The third kappa shape index (κ3) is 2.88. The average Bonchev–Trinajstić information content (AvgIpc) is 3.06. The van der Waals surface area contributed by atoms with Gasteiger partial charge in [-0.25, -0.2) is 4.98 Å². The largest absolute Gasteiger partial charge is 0.440 e. The van der Waals surface area contributed by atoms with Crippen LogP contribution in [0.15, 0.2) is 28.7 Å². The molecular formula is C18H21N3O3. The number of hydrogen-bond acceptors (Lipinski definition) is 4. The standard InChI is InChI=1S/C18H21N3O3/c22-16-6-5-13(11-19-16)18(23)21-9-7-12(8-10-21)17-20-14-3-1-2-4-15(14)24-17/h1-4,12-13H,5-11H2,(H,19,22)/t13-/m0/s1. The van der Waals surface area contributed by atoms with E-state index >= 15 is 0 Å². The summed E-state index contributed by atoms with van der Waals surface area (Å²) in [5.41, 5.74) is 1.72. The number of carbonyl (C=O) groups excluding carboxylic acids is 2. The van der Waals surface area contributed by atoms with Crippen molar-refractivity contribution in [3.05, 3.63) is 30.2 Å². The SMILES string of the molecule is O=C1CC[C@H](C(=O)N2CCC(c3nc4ccccc4o3)CC2)CN1. The second-order valence-electron chi connectivity index (χ2n) is 6.66. The number of para-hydroxylation sites is 2. The molecule has 0 radical (unpaired) electrons. The van der Waals surface area contributed by atoms with Gasteiger partial charge in [0.2, 0.25) is 11.8 Å². The first-order valence-corrected chi connectivity index (χ1v) is 8.61. The summed E-state index contributed by atoms with van der Waals surface area (Å²) in [5.74, 6) is 1.21. The smallest absolute Gasteiger partial charge is 0.227 e. The number of hydrogen-bond donors (Lipinski definition) is 1. The molecule has 24 heavy (non-hydrogen) atoms. The van der Waals surface area contributed by atoms with Crippen molar-refractivity contribution in [2.75, 3.05) is 19.6 Å². The van der Waals surface area contributed by atoms with Gasteiger partial charge in [-0.3, -0.25) is 9.59 Å². The van der Waals surface area contributed by atoms with E-state index in [4.69, 9.17) is 4.42 Å². The van der Waals surface area contributed by atoms with Gasteiger partial charge in [0.05, 0.1) is 5.92 Å². The maximum absolute atomic E-state index is 12.6. The summed E-state index contributed by atoms with van der Waals surface area (Å²) < 4.78 is 5.87. The van der Waals surface area contributed by atoms with E-state index in [1.165, 1.54) is 0 Å². The molecule has 1 N–H and O–H groups in total. The van der Waals surface area contributed by atoms with Crippen LogP contribution in [0.3, 0.4) is 0 Å². The molecule has 2 fully saturated rings. The Morgan fingerprint density at radius 1 is 1.21 bits per heavy atom. The first kappa shape index (κ1) is 15.2. The summed E-state index contributed by atoms with van der Waals surface area (Å²) in [6, 6.07) is 7.79. The highest BCUT2D eigenvalue weighted by Gasteiger charge is 2.32. The molecule has 0 aliphatic carbocycles. The van der Waals surface area contributed by atoms with Crippen molar-refractivity contribution in [1.29, 1.82) is 0 Å². The van der Waals surface area contributed by atoms with Crippen LogP contribution < -0.4 is 5.32 Å². The first-order chi connectivity index (χ1) is 11.7. The zero-order chi connectivity index (χ0) is 16.5. The maximum atomic E-state index is 12.6. The molecule has 3 heterocycles. The molecule has 2 saturated heterocycles. The molecule has 6 heteroatoms. The van der Waals surface area contributed by atoms with Crippen LogP contribution in [0.4, 0.5) is 0 Å². The number of amides is 2. The van der Waals surface area contributed by atoms with E-state index in [1.807, 2.05) is 29.2 Å². The highest BCUT2D eigenvalue weighted by atomic mass is 16.3. The third-order valence-corrected chi connectivity index (χ3v) is 5.08. The Kier molecular flexibility index (Phi) is 3.96. The zero-order valence-corrected chi connectivity index (χ0v) is 13.5. The highest BCUT2D eigenvalue weighted by molar-refractivity contribution is 5.83. The highest BCUT2D eigenvalue weighted by Crippen LogP contribution is 2.30. The van der Waals surface area contributed by atoms with E-state index in [0.29, 0.717) is 19.4 Å². The number of fused-ring (bicyclic) bond motifs is 1. The van der Waals surface area contributed by atoms with Gasteiger partial charge >= 0.3 is 0 Å². The topological polar surface area (TPSA) is 75.4 Å². The van der Waals surface area contributed by atoms with Crippen molar-refractivity contribution in [2.24, 2.45) is 5.92 Å². The summed E-state index contributed by atoms with van der Waals surface area (Å²) in [5, 5.41) is 2.79. The van der Waals surface area contributed by atoms with Crippen LogP contribution in [0, 0.1) is 5.92 Å². The second-order valence-corrected chi connectivity index (χ2v) is 6.66. The lowest BCUT2D eigenvalue weighted by molar-refractivity contribution is -0.138. The number of aromatic nitrogens is 1. The lowest BCUT2D eigenvalue weighted by atomic mass is 9.93. The van der Waals surface area contributed by atoms with Crippen LogP contribution in [-0.2, 0) is 9.59 Å². The molecule has 0 saturated carbocycles. The Morgan fingerprint density at radius 3 is 2.71 bits per heavy atom. The van der Waals surface area contributed by atoms with Crippen LogP contribution in [0.25, 0.3) is 11.1 Å². The van der Waals surface area contributed by atoms with E-state index in [2.05, 4.69) is 10.3 Å². The predicted octanol–water partition coefficient (Wildman–Crippen LogP) is 2.06. The molecule has 0 spiro atoms. The molecule has 1 atom stereocenters. The van der Waals surface area contributed by atoms with Crippen molar-refractivity contribution in [3.63, 3.8) is 0 Å². The number of carbonyl (C=O) groups is 2. The van der Waals surface area contributed by atoms with Crippen molar-refractivity contribution in [1.82, 2.24) is 15.2 Å². The second kappa shape index (κ2) is 6.26. The van der Waals surface area contributed by atoms with Crippen molar-refractivity contribution in [3.8, 4) is 0 Å². The lowest BCUT2D eigenvalue weighted by Gasteiger charge is -2.34. The van der Waals surface area contributed by atoms with Gasteiger partial charge in [-0.2, -0.15) is 0 Å². The van der Waals surface area contributed by atoms with E-state index in [-0.39, 0.29) is 23.7 Å². The van der Waals surface area contributed by atoms with Gasteiger partial charge in [0.15, 0.2) is 11.5 Å². The molecule has 1 aromatic heterocycles. The number of rotatable bonds is 2. The van der Waals surface area contributed by atoms with E-state index in [0.717, 1.165) is 42.9 Å². The Bertz CT molecular complexity index is 719. The Morgan fingerprint density at radius 2 is 2.00 bits per heavy atom. The first-order valence-electron chi connectivity index (χ1n) is 8.61. The van der Waals surface area contributed by atoms with Gasteiger partial charge in [-0.1, -0.05) is 12.1 Å². The van der Waals surface area contributed by atoms with Gasteiger partial charge in [0.25, 0.3) is 0 Å². The van der Waals surface area contributed by atoms with Gasteiger partial charge in [0.1, 0.15) is 5.52 Å². The quantitative estimate of drug-likeness (QED) is 0.916. The average molecular weight is 327 g/mol. The fraction of sp³-hybridized carbons (Fsp3) is 0.500. The van der Waals surface area contributed by atoms with Gasteiger partial charge in [0, 0.05) is 32.0 Å². The molecular weight excluding hydrogens is 306 g/mol. The molecule has 0 unspecified atom stereocenters. The maximum Gasteiger partial charge on any atom is 0.227 e. The van der Waals surface area contributed by atoms with Gasteiger partial charge < -0.3 is 14.6 Å². The Labute approximate surface area is 140 Å². The van der Waals surface area contributed by atoms with Crippen LogP contribution in [0.2, 0.25) is 0 Å². The number of likely N-dealkylation sites (tertiary alicyclic amines) is 1. The summed E-state index contributed by atoms with van der Waals surface area (Å²) in [7, 11) is 0. The number of benzene rings is 1. The molecule has 2 amide bonds. The molecule has 6 nitrogen and oxygen atoms in total. The Hall–Kier alpha value is -2.37. The molecule has 126 valence electrons. The minimum atomic E-state index is -0.0661. The summed E-state index contributed by atoms with van der Waals surface area (Å²) in [6.07, 6.45) is 2.86. The zero-order valence-electron chi connectivity index (χ0n) is 13.5. The molecule has 2 aliphatic rings. The fourth-order valence-corrected chi connectivity index (χ4v) is 3.61. The summed E-state index contributed by atoms with van der Waals surface area (Å²) in [4.78, 5) is 30.3. The third-order valence-electron chi connectivity index (χ3n) is 5.08. The summed E-state index contributed by atoms with van der Waals surface area (Å²) in [6.45, 7) is 1.93. The van der Waals surface area contributed by atoms with E-state index in [9.17, 15) is 9.59 Å². The molecule has 4 rings (SSSR count). The van der Waals surface area contributed by atoms with E-state index in [1.54, 1.807) is 0 Å². The minimum absolute atomic E-state index is 0.0497. The van der Waals surface area contributed by atoms with E-state index < -0.39 is 0 Å². The van der Waals surface area contributed by atoms with Gasteiger partial charge in [-0.15, -0.1) is 0 Å². The lowest BCUT2D eigenvalue weighted by Crippen LogP contribution is -2.47. The number of piperidine rings is 2. The van der Waals surface area contributed by atoms with Crippen LogP contribution >= 0.6 is 0 Å². The molecule has 0 bridgehead atoms. The number of nitrogens with one attached hydrogen (secondary N) is 1. The van der Waals surface area contributed by atoms with Crippen molar-refractivity contribution < 1.29 is 14.0 Å². The minimum Gasteiger partial charge on any atom is -0.440 e. The van der Waals surface area contributed by atoms with Crippen LogP contribution in [0.1, 0.15) is 37.5 Å². The molecule has 2 aliphatic heterocycles. The monoisotopic (exact) mass is 327 g/mol. The fourth-order valence-electron chi connectivity index (χ4n) is 3.61. The normalized spacial score (nSPS) is 22.6. The van der Waals surface area contributed by atoms with Crippen molar-refractivity contribution in [2.45, 2.75) is 31.6 Å². The predicted molar refractivity (Wildman–Crippen MR) is 88.3 cm³/mol. The van der Waals surface area contributed by atoms with Gasteiger partial charge in [-0.05, 0) is 31.4 Å². The number of nitrogens with zero attached hydrogens (tertiary/aromatic N) is 2. The number of oxazole rings is 1. The molecule has 1 aromatic carbocycles. The van der Waals surface area contributed by atoms with Crippen molar-refractivity contribution >= 4 is 22.9 Å². The van der Waals surface area contributed by atoms with Crippen LogP contribution in [-0.4, -0.2) is 41.3 Å². The Balaban J connectivity index is 1.37.